The lowest BCUT2D eigenvalue weighted by molar-refractivity contribution is 0.0749. The van der Waals surface area contributed by atoms with E-state index in [2.05, 4.69) is 34.1 Å². The van der Waals surface area contributed by atoms with E-state index in [0.717, 1.165) is 61.8 Å². The zero-order valence-electron chi connectivity index (χ0n) is 15.1. The number of piperazine rings is 1. The number of hydrogen-bond acceptors (Lipinski definition) is 5. The maximum Gasteiger partial charge on any atom is 0.209 e. The molecule has 136 valence electrons. The third-order valence-corrected chi connectivity index (χ3v) is 4.89. The number of benzene rings is 2. The number of aliphatic hydroxyl groups excluding tert-OH is 1. The zero-order valence-corrected chi connectivity index (χ0v) is 15.1. The molecule has 0 saturated carbocycles. The first kappa shape index (κ1) is 17.2. The maximum absolute atomic E-state index is 9.51. The topological polar surface area (TPSA) is 52.7 Å². The first-order chi connectivity index (χ1) is 12.7. The molecule has 1 atom stereocenters. The molecule has 0 radical (unpaired) electrons. The summed E-state index contributed by atoms with van der Waals surface area (Å²) in [5.41, 5.74) is 4.10. The Labute approximate surface area is 153 Å². The summed E-state index contributed by atoms with van der Waals surface area (Å²) in [4.78, 5) is 9.37. The third-order valence-electron chi connectivity index (χ3n) is 4.89. The van der Waals surface area contributed by atoms with Crippen molar-refractivity contribution in [3.63, 3.8) is 0 Å². The Bertz CT molecular complexity index is 852. The van der Waals surface area contributed by atoms with E-state index < -0.39 is 0 Å². The van der Waals surface area contributed by atoms with E-state index in [1.807, 2.05) is 31.2 Å². The molecule has 2 aromatic carbocycles. The number of nitrogens with zero attached hydrogens (tertiary/aromatic N) is 3. The second kappa shape index (κ2) is 7.58. The summed E-state index contributed by atoms with van der Waals surface area (Å²) in [7, 11) is 0. The first-order valence-electron chi connectivity index (χ1n) is 9.25. The minimum atomic E-state index is -0.266. The van der Waals surface area contributed by atoms with Gasteiger partial charge in [-0.1, -0.05) is 36.4 Å². The highest BCUT2D eigenvalue weighted by molar-refractivity contribution is 5.80. The van der Waals surface area contributed by atoms with Crippen LogP contribution in [0.1, 0.15) is 12.8 Å². The normalized spacial score (nSPS) is 17.6. The fraction of sp³-hybridized carbons (Fsp3) is 0.381. The van der Waals surface area contributed by atoms with Gasteiger partial charge in [0.05, 0.1) is 12.6 Å². The second-order valence-corrected chi connectivity index (χ2v) is 7.08. The van der Waals surface area contributed by atoms with Crippen LogP contribution in [0.3, 0.4) is 0 Å². The van der Waals surface area contributed by atoms with Gasteiger partial charge in [-0.25, -0.2) is 4.98 Å². The van der Waals surface area contributed by atoms with Gasteiger partial charge in [-0.3, -0.25) is 9.80 Å². The zero-order chi connectivity index (χ0) is 17.9. The standard InChI is InChI=1S/C21H25N3O2/c1-16(25)14-23-9-11-24(12-10-23)15-21-22-19-13-18(7-8-20(19)26-21)17-5-3-2-4-6-17/h2-8,13,16,25H,9-12,14-15H2,1H3. The Morgan fingerprint density at radius 2 is 1.73 bits per heavy atom. The van der Waals surface area contributed by atoms with Crippen molar-refractivity contribution in [3.05, 3.63) is 54.4 Å². The molecular weight excluding hydrogens is 326 g/mol. The molecule has 0 aliphatic carbocycles. The van der Waals surface area contributed by atoms with Gasteiger partial charge in [-0.15, -0.1) is 0 Å². The van der Waals surface area contributed by atoms with Gasteiger partial charge in [-0.2, -0.15) is 0 Å². The Morgan fingerprint density at radius 1 is 1.00 bits per heavy atom. The van der Waals surface area contributed by atoms with Gasteiger partial charge < -0.3 is 9.52 Å². The van der Waals surface area contributed by atoms with Crippen LogP contribution in [-0.4, -0.2) is 58.7 Å². The van der Waals surface area contributed by atoms with Gasteiger partial charge in [-0.05, 0) is 30.2 Å². The van der Waals surface area contributed by atoms with E-state index in [9.17, 15) is 5.11 Å². The summed E-state index contributed by atoms with van der Waals surface area (Å²) in [5.74, 6) is 0.772. The van der Waals surface area contributed by atoms with E-state index >= 15 is 0 Å². The molecule has 1 N–H and O–H groups in total. The largest absolute Gasteiger partial charge is 0.439 e. The molecule has 26 heavy (non-hydrogen) atoms. The summed E-state index contributed by atoms with van der Waals surface area (Å²) in [6, 6.07) is 16.5. The lowest BCUT2D eigenvalue weighted by Gasteiger charge is -2.34. The molecule has 5 nitrogen and oxygen atoms in total. The summed E-state index contributed by atoms with van der Waals surface area (Å²) >= 11 is 0. The van der Waals surface area contributed by atoms with Crippen molar-refractivity contribution in [3.8, 4) is 11.1 Å². The predicted octanol–water partition coefficient (Wildman–Crippen LogP) is 2.99. The van der Waals surface area contributed by atoms with Gasteiger partial charge in [0.15, 0.2) is 5.58 Å². The number of hydrogen-bond donors (Lipinski definition) is 1. The molecule has 4 rings (SSSR count). The third kappa shape index (κ3) is 3.96. The van der Waals surface area contributed by atoms with Gasteiger partial charge in [0, 0.05) is 32.7 Å². The van der Waals surface area contributed by atoms with Crippen LogP contribution in [0.5, 0.6) is 0 Å². The molecule has 2 heterocycles. The highest BCUT2D eigenvalue weighted by Gasteiger charge is 2.19. The average Bonchev–Trinajstić information content (AvgIpc) is 3.05. The van der Waals surface area contributed by atoms with Crippen molar-refractivity contribution < 1.29 is 9.52 Å². The van der Waals surface area contributed by atoms with Gasteiger partial charge in [0.2, 0.25) is 5.89 Å². The number of oxazole rings is 1. The molecule has 1 saturated heterocycles. The molecule has 1 aliphatic heterocycles. The van der Waals surface area contributed by atoms with Gasteiger partial charge >= 0.3 is 0 Å². The number of aliphatic hydroxyl groups is 1. The first-order valence-corrected chi connectivity index (χ1v) is 9.25. The fourth-order valence-electron chi connectivity index (χ4n) is 3.55. The van der Waals surface area contributed by atoms with Crippen molar-refractivity contribution in [1.82, 2.24) is 14.8 Å². The monoisotopic (exact) mass is 351 g/mol. The Kier molecular flexibility index (Phi) is 5.02. The SMILES string of the molecule is CC(O)CN1CCN(Cc2nc3cc(-c4ccccc4)ccc3o2)CC1. The molecule has 1 fully saturated rings. The Hall–Kier alpha value is -2.21. The summed E-state index contributed by atoms with van der Waals surface area (Å²) < 4.78 is 5.95. The van der Waals surface area contributed by atoms with Crippen molar-refractivity contribution in [2.75, 3.05) is 32.7 Å². The fourth-order valence-corrected chi connectivity index (χ4v) is 3.55. The highest BCUT2D eigenvalue weighted by atomic mass is 16.3. The van der Waals surface area contributed by atoms with Crippen LogP contribution >= 0.6 is 0 Å². The lowest BCUT2D eigenvalue weighted by atomic mass is 10.1. The summed E-state index contributed by atoms with van der Waals surface area (Å²) in [6.45, 7) is 7.22. The van der Waals surface area contributed by atoms with Crippen molar-refractivity contribution >= 4 is 11.1 Å². The van der Waals surface area contributed by atoms with Crippen molar-refractivity contribution in [1.29, 1.82) is 0 Å². The number of rotatable bonds is 5. The van der Waals surface area contributed by atoms with E-state index in [1.54, 1.807) is 0 Å². The van der Waals surface area contributed by atoms with Crippen LogP contribution in [0.15, 0.2) is 52.9 Å². The maximum atomic E-state index is 9.51. The van der Waals surface area contributed by atoms with Crippen molar-refractivity contribution in [2.45, 2.75) is 19.6 Å². The van der Waals surface area contributed by atoms with E-state index in [0.29, 0.717) is 0 Å². The predicted molar refractivity (Wildman–Crippen MR) is 103 cm³/mol. The molecular formula is C21H25N3O2. The molecule has 3 aromatic rings. The van der Waals surface area contributed by atoms with Crippen LogP contribution in [0.25, 0.3) is 22.2 Å². The van der Waals surface area contributed by atoms with Crippen LogP contribution < -0.4 is 0 Å². The highest BCUT2D eigenvalue weighted by Crippen LogP contribution is 2.25. The molecule has 1 unspecified atom stereocenters. The van der Waals surface area contributed by atoms with Gasteiger partial charge in [0.25, 0.3) is 0 Å². The number of aromatic nitrogens is 1. The van der Waals surface area contributed by atoms with Crippen LogP contribution in [0.2, 0.25) is 0 Å². The molecule has 1 aliphatic rings. The van der Waals surface area contributed by atoms with Crippen LogP contribution in [0, 0.1) is 0 Å². The van der Waals surface area contributed by atoms with E-state index in [1.165, 1.54) is 5.56 Å². The lowest BCUT2D eigenvalue weighted by Crippen LogP contribution is -2.47. The minimum absolute atomic E-state index is 0.266. The molecule has 0 spiro atoms. The quantitative estimate of drug-likeness (QED) is 0.766. The minimum Gasteiger partial charge on any atom is -0.439 e. The molecule has 0 amide bonds. The average molecular weight is 351 g/mol. The summed E-state index contributed by atoms with van der Waals surface area (Å²) in [6.07, 6.45) is -0.266. The Balaban J connectivity index is 1.43. The van der Waals surface area contributed by atoms with Crippen LogP contribution in [-0.2, 0) is 6.54 Å². The van der Waals surface area contributed by atoms with Gasteiger partial charge in [0.1, 0.15) is 5.52 Å². The molecule has 1 aromatic heterocycles. The van der Waals surface area contributed by atoms with E-state index in [4.69, 9.17) is 9.40 Å². The van der Waals surface area contributed by atoms with Crippen LogP contribution in [0.4, 0.5) is 0 Å². The summed E-state index contributed by atoms with van der Waals surface area (Å²) in [5, 5.41) is 9.51. The number of β-amino-alcohol motifs (C(OH)–C–C–N with tert-alkyl or cyclic N) is 1. The molecule has 5 heteroatoms. The molecule has 0 bridgehead atoms. The van der Waals surface area contributed by atoms with Crippen molar-refractivity contribution in [2.24, 2.45) is 0 Å². The Morgan fingerprint density at radius 3 is 2.46 bits per heavy atom. The smallest absolute Gasteiger partial charge is 0.209 e. The number of fused-ring (bicyclic) bond motifs is 1. The second-order valence-electron chi connectivity index (χ2n) is 7.08. The van der Waals surface area contributed by atoms with E-state index in [-0.39, 0.29) is 6.10 Å².